The van der Waals surface area contributed by atoms with E-state index in [9.17, 15) is 0 Å². The van der Waals surface area contributed by atoms with Gasteiger partial charge in [-0.2, -0.15) is 5.10 Å². The molecule has 21 heavy (non-hydrogen) atoms. The maximum atomic E-state index is 4.67. The number of aryl methyl sites for hydroxylation is 2. The summed E-state index contributed by atoms with van der Waals surface area (Å²) in [4.78, 5) is 1.56. The normalized spacial score (nSPS) is 18.0. The van der Waals surface area contributed by atoms with Gasteiger partial charge in [-0.1, -0.05) is 18.2 Å². The van der Waals surface area contributed by atoms with Crippen molar-refractivity contribution in [3.05, 3.63) is 51.8 Å². The highest BCUT2D eigenvalue weighted by molar-refractivity contribution is 7.10. The summed E-state index contributed by atoms with van der Waals surface area (Å²) in [5.41, 5.74) is 3.86. The molecule has 0 saturated heterocycles. The highest BCUT2D eigenvalue weighted by Crippen LogP contribution is 2.33. The molecule has 1 aliphatic carbocycles. The number of thiophene rings is 1. The van der Waals surface area contributed by atoms with Crippen LogP contribution in [0.25, 0.3) is 10.9 Å². The quantitative estimate of drug-likeness (QED) is 0.797. The summed E-state index contributed by atoms with van der Waals surface area (Å²) in [5.74, 6) is 0. The van der Waals surface area contributed by atoms with Crippen molar-refractivity contribution in [1.29, 1.82) is 0 Å². The Morgan fingerprint density at radius 1 is 1.33 bits per heavy atom. The average molecular weight is 297 g/mol. The van der Waals surface area contributed by atoms with Crippen LogP contribution in [0.15, 0.2) is 35.7 Å². The Bertz CT molecular complexity index is 771. The first kappa shape index (κ1) is 13.0. The lowest BCUT2D eigenvalue weighted by Gasteiger charge is -2.23. The third kappa shape index (κ3) is 2.28. The van der Waals surface area contributed by atoms with E-state index < -0.39 is 0 Å². The maximum Gasteiger partial charge on any atom is 0.0841 e. The molecule has 1 aliphatic rings. The lowest BCUT2D eigenvalue weighted by Crippen LogP contribution is -2.24. The fourth-order valence-electron chi connectivity index (χ4n) is 3.34. The number of hydrogen-bond donors (Lipinski definition) is 1. The van der Waals surface area contributed by atoms with Gasteiger partial charge < -0.3 is 5.32 Å². The number of nitrogens with one attached hydrogen (secondary N) is 1. The summed E-state index contributed by atoms with van der Waals surface area (Å²) >= 11 is 1.90. The van der Waals surface area contributed by atoms with E-state index in [0.717, 1.165) is 12.2 Å². The molecule has 0 bridgehead atoms. The third-order valence-electron chi connectivity index (χ3n) is 4.40. The molecule has 0 spiro atoms. The van der Waals surface area contributed by atoms with E-state index in [0.29, 0.717) is 6.04 Å². The molecule has 1 unspecified atom stereocenters. The van der Waals surface area contributed by atoms with Crippen LogP contribution in [0, 0.1) is 0 Å². The number of benzene rings is 1. The Balaban J connectivity index is 1.57. The molecule has 2 aromatic heterocycles. The number of fused-ring (bicyclic) bond motifs is 2. The predicted octanol–water partition coefficient (Wildman–Crippen LogP) is 3.80. The SMILES string of the molecule is Cn1nc(CNC2CCCc3sccc32)c2ccccc21. The third-order valence-corrected chi connectivity index (χ3v) is 5.40. The van der Waals surface area contributed by atoms with Crippen molar-refractivity contribution < 1.29 is 0 Å². The summed E-state index contributed by atoms with van der Waals surface area (Å²) < 4.78 is 1.98. The van der Waals surface area contributed by atoms with Crippen molar-refractivity contribution >= 4 is 22.2 Å². The van der Waals surface area contributed by atoms with Crippen LogP contribution in [0.5, 0.6) is 0 Å². The van der Waals surface area contributed by atoms with Crippen LogP contribution in [-0.4, -0.2) is 9.78 Å². The van der Waals surface area contributed by atoms with Crippen molar-refractivity contribution in [1.82, 2.24) is 15.1 Å². The van der Waals surface area contributed by atoms with Crippen molar-refractivity contribution in [3.63, 3.8) is 0 Å². The number of nitrogens with zero attached hydrogens (tertiary/aromatic N) is 2. The fourth-order valence-corrected chi connectivity index (χ4v) is 4.33. The Hall–Kier alpha value is -1.65. The lowest BCUT2D eigenvalue weighted by atomic mass is 9.94. The molecule has 0 fully saturated rings. The first-order valence-corrected chi connectivity index (χ1v) is 8.41. The molecule has 1 atom stereocenters. The van der Waals surface area contributed by atoms with Crippen LogP contribution in [0.3, 0.4) is 0 Å². The maximum absolute atomic E-state index is 4.67. The Kier molecular flexibility index (Phi) is 3.28. The average Bonchev–Trinajstić information content (AvgIpc) is 3.11. The summed E-state index contributed by atoms with van der Waals surface area (Å²) in [6.45, 7) is 0.835. The number of para-hydroxylation sites is 1. The van der Waals surface area contributed by atoms with Crippen LogP contribution in [0.1, 0.15) is 35.0 Å². The van der Waals surface area contributed by atoms with Crippen LogP contribution in [-0.2, 0) is 20.0 Å². The largest absolute Gasteiger partial charge is 0.304 e. The molecular weight excluding hydrogens is 278 g/mol. The van der Waals surface area contributed by atoms with Gasteiger partial charge in [0, 0.05) is 29.9 Å². The predicted molar refractivity (Wildman–Crippen MR) is 87.6 cm³/mol. The van der Waals surface area contributed by atoms with Gasteiger partial charge in [0.25, 0.3) is 0 Å². The molecule has 3 aromatic rings. The minimum Gasteiger partial charge on any atom is -0.304 e. The van der Waals surface area contributed by atoms with Gasteiger partial charge in [-0.25, -0.2) is 0 Å². The minimum absolute atomic E-state index is 0.487. The van der Waals surface area contributed by atoms with Crippen LogP contribution in [0.2, 0.25) is 0 Å². The highest BCUT2D eigenvalue weighted by Gasteiger charge is 2.21. The van der Waals surface area contributed by atoms with E-state index in [1.54, 1.807) is 4.88 Å². The molecule has 0 amide bonds. The lowest BCUT2D eigenvalue weighted by molar-refractivity contribution is 0.459. The van der Waals surface area contributed by atoms with E-state index in [-0.39, 0.29) is 0 Å². The molecule has 2 heterocycles. The highest BCUT2D eigenvalue weighted by atomic mass is 32.1. The van der Waals surface area contributed by atoms with Gasteiger partial charge in [0.2, 0.25) is 0 Å². The van der Waals surface area contributed by atoms with Crippen LogP contribution >= 0.6 is 11.3 Å². The second-order valence-electron chi connectivity index (χ2n) is 5.71. The summed E-state index contributed by atoms with van der Waals surface area (Å²) in [7, 11) is 2.02. The molecule has 0 aliphatic heterocycles. The summed E-state index contributed by atoms with van der Waals surface area (Å²) in [6, 6.07) is 11.2. The first-order chi connectivity index (χ1) is 10.3. The van der Waals surface area contributed by atoms with Gasteiger partial charge in [-0.05, 0) is 42.3 Å². The molecule has 0 radical (unpaired) electrons. The van der Waals surface area contributed by atoms with Gasteiger partial charge in [0.1, 0.15) is 0 Å². The van der Waals surface area contributed by atoms with E-state index in [1.165, 1.54) is 35.7 Å². The molecular formula is C17H19N3S. The number of hydrogen-bond acceptors (Lipinski definition) is 3. The molecule has 4 heteroatoms. The molecule has 108 valence electrons. The first-order valence-electron chi connectivity index (χ1n) is 7.53. The van der Waals surface area contributed by atoms with Crippen molar-refractivity contribution in [2.45, 2.75) is 31.8 Å². The van der Waals surface area contributed by atoms with Crippen molar-refractivity contribution in [2.75, 3.05) is 0 Å². The summed E-state index contributed by atoms with van der Waals surface area (Å²) in [5, 5.41) is 11.9. The molecule has 4 rings (SSSR count). The zero-order chi connectivity index (χ0) is 14.2. The van der Waals surface area contributed by atoms with E-state index in [4.69, 9.17) is 0 Å². The molecule has 3 nitrogen and oxygen atoms in total. The van der Waals surface area contributed by atoms with Gasteiger partial charge in [0.15, 0.2) is 0 Å². The number of aromatic nitrogens is 2. The van der Waals surface area contributed by atoms with E-state index in [2.05, 4.69) is 46.1 Å². The second kappa shape index (κ2) is 5.28. The molecule has 1 N–H and O–H groups in total. The van der Waals surface area contributed by atoms with Gasteiger partial charge in [-0.3, -0.25) is 4.68 Å². The minimum atomic E-state index is 0.487. The van der Waals surface area contributed by atoms with E-state index >= 15 is 0 Å². The topological polar surface area (TPSA) is 29.9 Å². The standard InChI is InChI=1S/C17H19N3S/c1-20-16-7-3-2-5-12(16)15(19-20)11-18-14-6-4-8-17-13(14)9-10-21-17/h2-3,5,7,9-10,14,18H,4,6,8,11H2,1H3. The Morgan fingerprint density at radius 3 is 3.19 bits per heavy atom. The van der Waals surface area contributed by atoms with Gasteiger partial charge in [-0.15, -0.1) is 11.3 Å². The molecule has 0 saturated carbocycles. The summed E-state index contributed by atoms with van der Waals surface area (Å²) in [6.07, 6.45) is 3.76. The zero-order valence-electron chi connectivity index (χ0n) is 12.2. The number of rotatable bonds is 3. The van der Waals surface area contributed by atoms with Gasteiger partial charge >= 0.3 is 0 Å². The van der Waals surface area contributed by atoms with Crippen LogP contribution in [0.4, 0.5) is 0 Å². The van der Waals surface area contributed by atoms with Gasteiger partial charge in [0.05, 0.1) is 11.2 Å². The van der Waals surface area contributed by atoms with E-state index in [1.807, 2.05) is 23.1 Å². The smallest absolute Gasteiger partial charge is 0.0841 e. The van der Waals surface area contributed by atoms with Crippen molar-refractivity contribution in [3.8, 4) is 0 Å². The Labute approximate surface area is 128 Å². The zero-order valence-corrected chi connectivity index (χ0v) is 13.0. The second-order valence-corrected chi connectivity index (χ2v) is 6.71. The van der Waals surface area contributed by atoms with Crippen molar-refractivity contribution in [2.24, 2.45) is 7.05 Å². The van der Waals surface area contributed by atoms with Crippen LogP contribution < -0.4 is 5.32 Å². The molecule has 1 aromatic carbocycles. The Morgan fingerprint density at radius 2 is 2.24 bits per heavy atom. The fraction of sp³-hybridized carbons (Fsp3) is 0.353. The monoisotopic (exact) mass is 297 g/mol.